The average Bonchev–Trinajstić information content (AvgIpc) is 2.38. The van der Waals surface area contributed by atoms with Crippen LogP contribution in [-0.2, 0) is 4.79 Å². The number of carbonyl (C=O) groups excluding carboxylic acids is 1. The van der Waals surface area contributed by atoms with Crippen molar-refractivity contribution >= 4 is 29.1 Å². The first kappa shape index (κ1) is 19.0. The van der Waals surface area contributed by atoms with Gasteiger partial charge in [-0.1, -0.05) is 23.2 Å². The summed E-state index contributed by atoms with van der Waals surface area (Å²) in [7, 11) is 1.76. The van der Waals surface area contributed by atoms with Gasteiger partial charge in [-0.2, -0.15) is 0 Å². The number of hydrogen-bond acceptors (Lipinski definition) is 4. The Hall–Kier alpha value is -1.01. The molecule has 0 aliphatic heterocycles. The number of ether oxygens (including phenoxy) is 1. The third-order valence-electron chi connectivity index (χ3n) is 2.71. The maximum atomic E-state index is 11.6. The molecule has 2 N–H and O–H groups in total. The highest BCUT2D eigenvalue weighted by molar-refractivity contribution is 6.34. The van der Waals surface area contributed by atoms with Crippen LogP contribution in [0, 0.1) is 0 Å². The molecule has 1 atom stereocenters. The molecule has 124 valence electrons. The summed E-state index contributed by atoms with van der Waals surface area (Å²) < 4.78 is 5.46. The fraction of sp³-hybridized carbons (Fsp3) is 0.533. The zero-order valence-electron chi connectivity index (χ0n) is 13.0. The highest BCUT2D eigenvalue weighted by Crippen LogP contribution is 2.27. The van der Waals surface area contributed by atoms with E-state index in [1.54, 1.807) is 30.1 Å². The Labute approximate surface area is 141 Å². The quantitative estimate of drug-likeness (QED) is 0.755. The van der Waals surface area contributed by atoms with Crippen molar-refractivity contribution < 1.29 is 14.6 Å². The van der Waals surface area contributed by atoms with Crippen molar-refractivity contribution in [1.82, 2.24) is 10.2 Å². The van der Waals surface area contributed by atoms with Crippen molar-refractivity contribution in [3.05, 3.63) is 28.2 Å². The van der Waals surface area contributed by atoms with Gasteiger partial charge in [0, 0.05) is 23.7 Å². The van der Waals surface area contributed by atoms with E-state index < -0.39 is 6.10 Å². The van der Waals surface area contributed by atoms with Crippen LogP contribution in [0.1, 0.15) is 13.8 Å². The van der Waals surface area contributed by atoms with Gasteiger partial charge in [-0.05, 0) is 33.0 Å². The zero-order valence-corrected chi connectivity index (χ0v) is 14.5. The summed E-state index contributed by atoms with van der Waals surface area (Å²) in [5.41, 5.74) is 0. The van der Waals surface area contributed by atoms with Gasteiger partial charge < -0.3 is 15.2 Å². The normalized spacial score (nSPS) is 12.5. The van der Waals surface area contributed by atoms with Crippen molar-refractivity contribution in [2.75, 3.05) is 26.7 Å². The number of carbonyl (C=O) groups is 1. The van der Waals surface area contributed by atoms with Crippen LogP contribution < -0.4 is 10.1 Å². The zero-order chi connectivity index (χ0) is 16.7. The summed E-state index contributed by atoms with van der Waals surface area (Å²) >= 11 is 11.8. The van der Waals surface area contributed by atoms with E-state index in [2.05, 4.69) is 5.32 Å². The fourth-order valence-electron chi connectivity index (χ4n) is 1.86. The Kier molecular flexibility index (Phi) is 7.96. The summed E-state index contributed by atoms with van der Waals surface area (Å²) in [5.74, 6) is 0.344. The number of rotatable bonds is 8. The van der Waals surface area contributed by atoms with Gasteiger partial charge in [-0.25, -0.2) is 0 Å². The second kappa shape index (κ2) is 9.20. The molecule has 0 saturated carbocycles. The Morgan fingerprint density at radius 3 is 2.73 bits per heavy atom. The second-order valence-corrected chi connectivity index (χ2v) is 6.30. The lowest BCUT2D eigenvalue weighted by atomic mass is 10.3. The van der Waals surface area contributed by atoms with E-state index in [1.807, 2.05) is 13.8 Å². The van der Waals surface area contributed by atoms with Crippen LogP contribution in [0.15, 0.2) is 18.2 Å². The Bertz CT molecular complexity index is 498. The number of benzene rings is 1. The molecule has 5 nitrogen and oxygen atoms in total. The van der Waals surface area contributed by atoms with E-state index in [1.165, 1.54) is 0 Å². The Balaban J connectivity index is 2.38. The SMILES string of the molecule is CC(C)NC(=O)CN(C)CC(O)COc1cc(Cl)ccc1Cl. The molecule has 0 fully saturated rings. The first-order valence-electron chi connectivity index (χ1n) is 7.01. The van der Waals surface area contributed by atoms with Gasteiger partial charge in [0.05, 0.1) is 11.6 Å². The minimum Gasteiger partial charge on any atom is -0.489 e. The molecule has 22 heavy (non-hydrogen) atoms. The van der Waals surface area contributed by atoms with E-state index in [4.69, 9.17) is 27.9 Å². The van der Waals surface area contributed by atoms with Crippen LogP contribution in [0.5, 0.6) is 5.75 Å². The molecule has 0 radical (unpaired) electrons. The molecule has 0 aliphatic carbocycles. The molecule has 0 saturated heterocycles. The first-order valence-corrected chi connectivity index (χ1v) is 7.77. The van der Waals surface area contributed by atoms with E-state index in [0.29, 0.717) is 22.3 Å². The molecule has 0 bridgehead atoms. The molecule has 0 heterocycles. The predicted octanol–water partition coefficient (Wildman–Crippen LogP) is 2.19. The molecule has 1 aromatic rings. The van der Waals surface area contributed by atoms with Crippen LogP contribution in [0.25, 0.3) is 0 Å². The van der Waals surface area contributed by atoms with Crippen LogP contribution in [0.2, 0.25) is 10.0 Å². The van der Waals surface area contributed by atoms with E-state index in [-0.39, 0.29) is 25.1 Å². The molecule has 0 spiro atoms. The first-order chi connectivity index (χ1) is 10.3. The van der Waals surface area contributed by atoms with Gasteiger partial charge in [0.15, 0.2) is 0 Å². The van der Waals surface area contributed by atoms with Crippen LogP contribution >= 0.6 is 23.2 Å². The van der Waals surface area contributed by atoms with E-state index in [9.17, 15) is 9.90 Å². The van der Waals surface area contributed by atoms with Gasteiger partial charge in [0.2, 0.25) is 5.91 Å². The largest absolute Gasteiger partial charge is 0.489 e. The molecule has 1 unspecified atom stereocenters. The van der Waals surface area contributed by atoms with Gasteiger partial charge in [0.25, 0.3) is 0 Å². The number of likely N-dealkylation sites (N-methyl/N-ethyl adjacent to an activating group) is 1. The minimum atomic E-state index is -0.744. The monoisotopic (exact) mass is 348 g/mol. The smallest absolute Gasteiger partial charge is 0.234 e. The average molecular weight is 349 g/mol. The third kappa shape index (κ3) is 7.31. The van der Waals surface area contributed by atoms with E-state index >= 15 is 0 Å². The van der Waals surface area contributed by atoms with Crippen molar-refractivity contribution in [2.45, 2.75) is 26.0 Å². The van der Waals surface area contributed by atoms with E-state index in [0.717, 1.165) is 0 Å². The molecule has 0 aliphatic rings. The molecule has 1 amide bonds. The lowest BCUT2D eigenvalue weighted by Crippen LogP contribution is -2.42. The van der Waals surface area contributed by atoms with Crippen LogP contribution in [-0.4, -0.2) is 54.8 Å². The van der Waals surface area contributed by atoms with Crippen LogP contribution in [0.4, 0.5) is 0 Å². The minimum absolute atomic E-state index is 0.0657. The number of amides is 1. The summed E-state index contributed by atoms with van der Waals surface area (Å²) in [4.78, 5) is 13.3. The van der Waals surface area contributed by atoms with Gasteiger partial charge >= 0.3 is 0 Å². The van der Waals surface area contributed by atoms with Crippen molar-refractivity contribution in [1.29, 1.82) is 0 Å². The molecule has 7 heteroatoms. The van der Waals surface area contributed by atoms with Gasteiger partial charge in [-0.3, -0.25) is 9.69 Å². The second-order valence-electron chi connectivity index (χ2n) is 5.46. The van der Waals surface area contributed by atoms with Crippen molar-refractivity contribution in [3.8, 4) is 5.75 Å². The number of aliphatic hydroxyl groups is 1. The van der Waals surface area contributed by atoms with Crippen LogP contribution in [0.3, 0.4) is 0 Å². The summed E-state index contributed by atoms with van der Waals surface area (Å²) in [6.45, 7) is 4.39. The number of hydrogen-bond donors (Lipinski definition) is 2. The predicted molar refractivity (Wildman–Crippen MR) is 88.7 cm³/mol. The topological polar surface area (TPSA) is 61.8 Å². The number of nitrogens with zero attached hydrogens (tertiary/aromatic N) is 1. The molecule has 1 rings (SSSR count). The van der Waals surface area contributed by atoms with Gasteiger partial charge in [-0.15, -0.1) is 0 Å². The number of aliphatic hydroxyl groups excluding tert-OH is 1. The Morgan fingerprint density at radius 1 is 1.41 bits per heavy atom. The molecule has 0 aromatic heterocycles. The van der Waals surface area contributed by atoms with Gasteiger partial charge in [0.1, 0.15) is 18.5 Å². The van der Waals surface area contributed by atoms with Crippen molar-refractivity contribution in [3.63, 3.8) is 0 Å². The summed E-state index contributed by atoms with van der Waals surface area (Å²) in [6, 6.07) is 4.98. The summed E-state index contributed by atoms with van der Waals surface area (Å²) in [6.07, 6.45) is -0.744. The standard InChI is InChI=1S/C15H22Cl2N2O3/c1-10(2)18-15(21)8-19(3)7-12(20)9-22-14-6-11(16)4-5-13(14)17/h4-6,10,12,20H,7-9H2,1-3H3,(H,18,21). The highest BCUT2D eigenvalue weighted by Gasteiger charge is 2.13. The lowest BCUT2D eigenvalue weighted by Gasteiger charge is -2.21. The maximum Gasteiger partial charge on any atom is 0.234 e. The third-order valence-corrected chi connectivity index (χ3v) is 3.26. The number of nitrogens with one attached hydrogen (secondary N) is 1. The summed E-state index contributed by atoms with van der Waals surface area (Å²) in [5, 5.41) is 13.7. The molecular formula is C15H22Cl2N2O3. The Morgan fingerprint density at radius 2 is 2.09 bits per heavy atom. The molecular weight excluding hydrogens is 327 g/mol. The number of halogens is 2. The highest BCUT2D eigenvalue weighted by atomic mass is 35.5. The lowest BCUT2D eigenvalue weighted by molar-refractivity contribution is -0.122. The maximum absolute atomic E-state index is 11.6. The fourth-order valence-corrected chi connectivity index (χ4v) is 2.20. The van der Waals surface area contributed by atoms with Crippen molar-refractivity contribution in [2.24, 2.45) is 0 Å². The molecule has 1 aromatic carbocycles.